The van der Waals surface area contributed by atoms with Gasteiger partial charge in [-0.3, -0.25) is 4.79 Å². The van der Waals surface area contributed by atoms with E-state index in [1.807, 2.05) is 0 Å². The Morgan fingerprint density at radius 1 is 1.71 bits per heavy atom. The average Bonchev–Trinajstić information content (AvgIpc) is 2.70. The number of rotatable bonds is 6. The van der Waals surface area contributed by atoms with Gasteiger partial charge in [-0.1, -0.05) is 5.16 Å². The maximum Gasteiger partial charge on any atom is 0.290 e. The predicted molar refractivity (Wildman–Crippen MR) is 60.7 cm³/mol. The van der Waals surface area contributed by atoms with E-state index in [9.17, 15) is 9.90 Å². The van der Waals surface area contributed by atoms with Crippen molar-refractivity contribution < 1.29 is 19.2 Å². The van der Waals surface area contributed by atoms with Crippen LogP contribution in [-0.2, 0) is 4.74 Å². The molecule has 0 bridgehead atoms. The number of aliphatic hydroxyl groups is 1. The minimum Gasteiger partial charge on any atom is -0.388 e. The summed E-state index contributed by atoms with van der Waals surface area (Å²) in [5.41, 5.74) is -0.335. The molecular weight excluding hydrogens is 224 g/mol. The minimum atomic E-state index is -1.00. The fraction of sp³-hybridized carbons (Fsp3) is 0.636. The van der Waals surface area contributed by atoms with E-state index in [1.165, 1.54) is 6.20 Å². The number of amides is 1. The van der Waals surface area contributed by atoms with Crippen LogP contribution < -0.4 is 5.32 Å². The minimum absolute atomic E-state index is 0.134. The summed E-state index contributed by atoms with van der Waals surface area (Å²) >= 11 is 0. The molecule has 1 aromatic heterocycles. The van der Waals surface area contributed by atoms with Crippen molar-refractivity contribution in [2.45, 2.75) is 25.9 Å². The molecule has 6 nitrogen and oxygen atoms in total. The zero-order valence-corrected chi connectivity index (χ0v) is 10.3. The molecule has 0 radical (unpaired) electrons. The van der Waals surface area contributed by atoms with Gasteiger partial charge in [-0.15, -0.1) is 0 Å². The summed E-state index contributed by atoms with van der Waals surface area (Å²) in [5.74, 6) is -0.203. The first-order valence-corrected chi connectivity index (χ1v) is 5.37. The normalized spacial score (nSPS) is 14.4. The number of carbonyl (C=O) groups is 1. The molecule has 17 heavy (non-hydrogen) atoms. The third-order valence-electron chi connectivity index (χ3n) is 2.43. The Balaban J connectivity index is 2.45. The van der Waals surface area contributed by atoms with E-state index in [1.54, 1.807) is 21.0 Å². The second kappa shape index (κ2) is 5.79. The number of nitrogens with zero attached hydrogens (tertiary/aromatic N) is 1. The van der Waals surface area contributed by atoms with Gasteiger partial charge in [0.1, 0.15) is 0 Å². The lowest BCUT2D eigenvalue weighted by Crippen LogP contribution is -2.41. The highest BCUT2D eigenvalue weighted by molar-refractivity contribution is 5.92. The molecule has 0 aliphatic carbocycles. The van der Waals surface area contributed by atoms with Crippen LogP contribution in [0.4, 0.5) is 0 Å². The summed E-state index contributed by atoms with van der Waals surface area (Å²) in [6, 6.07) is 0. The molecule has 0 saturated carbocycles. The van der Waals surface area contributed by atoms with Gasteiger partial charge in [0.25, 0.3) is 5.91 Å². The molecule has 0 aromatic carbocycles. The van der Waals surface area contributed by atoms with Gasteiger partial charge in [0.15, 0.2) is 0 Å². The molecule has 0 saturated heterocycles. The number of methoxy groups -OCH3 is 1. The van der Waals surface area contributed by atoms with Gasteiger partial charge in [0.05, 0.1) is 11.8 Å². The summed E-state index contributed by atoms with van der Waals surface area (Å²) in [6.07, 6.45) is 1.91. The lowest BCUT2D eigenvalue weighted by atomic mass is 10.0. The molecule has 1 rings (SSSR count). The third-order valence-corrected chi connectivity index (χ3v) is 2.43. The molecule has 0 aliphatic rings. The standard InChI is InChI=1S/C11H18N2O4/c1-8-6-13-17-9(8)10(14)12-7-11(2,15)4-5-16-3/h6,15H,4-5,7H2,1-3H3,(H,12,14). The van der Waals surface area contributed by atoms with Crippen molar-refractivity contribution in [3.05, 3.63) is 17.5 Å². The molecule has 6 heteroatoms. The summed E-state index contributed by atoms with van der Waals surface area (Å²) in [5, 5.41) is 16.0. The first-order valence-electron chi connectivity index (χ1n) is 5.37. The Bertz CT molecular complexity index is 373. The number of nitrogens with one attached hydrogen (secondary N) is 1. The smallest absolute Gasteiger partial charge is 0.290 e. The summed E-state index contributed by atoms with van der Waals surface area (Å²) in [4.78, 5) is 11.7. The van der Waals surface area contributed by atoms with Crippen molar-refractivity contribution in [3.63, 3.8) is 0 Å². The second-order valence-corrected chi connectivity index (χ2v) is 4.26. The fourth-order valence-electron chi connectivity index (χ4n) is 1.27. The van der Waals surface area contributed by atoms with Crippen LogP contribution in [0.2, 0.25) is 0 Å². The molecule has 0 spiro atoms. The van der Waals surface area contributed by atoms with Gasteiger partial charge in [-0.25, -0.2) is 0 Å². The van der Waals surface area contributed by atoms with Crippen LogP contribution in [0, 0.1) is 6.92 Å². The number of carbonyl (C=O) groups excluding carboxylic acids is 1. The molecule has 1 unspecified atom stereocenters. The highest BCUT2D eigenvalue weighted by Gasteiger charge is 2.22. The van der Waals surface area contributed by atoms with E-state index in [-0.39, 0.29) is 18.2 Å². The van der Waals surface area contributed by atoms with E-state index in [0.29, 0.717) is 18.6 Å². The van der Waals surface area contributed by atoms with Crippen molar-refractivity contribution >= 4 is 5.91 Å². The Labute approximate surface area is 99.9 Å². The van der Waals surface area contributed by atoms with E-state index >= 15 is 0 Å². The zero-order chi connectivity index (χ0) is 12.9. The van der Waals surface area contributed by atoms with Gasteiger partial charge < -0.3 is 19.7 Å². The Hall–Kier alpha value is -1.40. The Morgan fingerprint density at radius 2 is 2.41 bits per heavy atom. The van der Waals surface area contributed by atoms with Crippen LogP contribution in [0.15, 0.2) is 10.7 Å². The number of aromatic nitrogens is 1. The summed E-state index contributed by atoms with van der Waals surface area (Å²) < 4.78 is 9.68. The van der Waals surface area contributed by atoms with Gasteiger partial charge in [0.2, 0.25) is 5.76 Å². The first kappa shape index (κ1) is 13.7. The highest BCUT2D eigenvalue weighted by atomic mass is 16.5. The molecule has 2 N–H and O–H groups in total. The van der Waals surface area contributed by atoms with Crippen LogP contribution >= 0.6 is 0 Å². The SMILES string of the molecule is COCCC(C)(O)CNC(=O)c1oncc1C. The van der Waals surface area contributed by atoms with Crippen LogP contribution in [0.5, 0.6) is 0 Å². The van der Waals surface area contributed by atoms with Crippen molar-refractivity contribution in [1.82, 2.24) is 10.5 Å². The van der Waals surface area contributed by atoms with Gasteiger partial charge in [-0.2, -0.15) is 0 Å². The van der Waals surface area contributed by atoms with Crippen molar-refractivity contribution in [1.29, 1.82) is 0 Å². The monoisotopic (exact) mass is 242 g/mol. The van der Waals surface area contributed by atoms with E-state index in [2.05, 4.69) is 10.5 Å². The number of ether oxygens (including phenoxy) is 1. The number of aryl methyl sites for hydroxylation is 1. The topological polar surface area (TPSA) is 84.6 Å². The number of hydrogen-bond acceptors (Lipinski definition) is 5. The maximum atomic E-state index is 11.7. The molecular formula is C11H18N2O4. The summed E-state index contributed by atoms with van der Waals surface area (Å²) in [7, 11) is 1.56. The fourth-order valence-corrected chi connectivity index (χ4v) is 1.27. The molecule has 1 atom stereocenters. The lowest BCUT2D eigenvalue weighted by molar-refractivity contribution is 0.0239. The Kier molecular flexibility index (Phi) is 4.65. The van der Waals surface area contributed by atoms with E-state index < -0.39 is 5.60 Å². The summed E-state index contributed by atoms with van der Waals surface area (Å²) in [6.45, 7) is 3.94. The maximum absolute atomic E-state index is 11.7. The van der Waals surface area contributed by atoms with Crippen LogP contribution in [0.1, 0.15) is 29.5 Å². The van der Waals surface area contributed by atoms with E-state index in [4.69, 9.17) is 9.26 Å². The Morgan fingerprint density at radius 3 is 2.94 bits per heavy atom. The lowest BCUT2D eigenvalue weighted by Gasteiger charge is -2.22. The molecule has 1 aromatic rings. The predicted octanol–water partition coefficient (Wildman–Crippen LogP) is 0.500. The molecule has 0 aliphatic heterocycles. The van der Waals surface area contributed by atoms with Crippen molar-refractivity contribution in [2.75, 3.05) is 20.3 Å². The highest BCUT2D eigenvalue weighted by Crippen LogP contribution is 2.09. The number of hydrogen-bond donors (Lipinski definition) is 2. The molecule has 1 heterocycles. The van der Waals surface area contributed by atoms with Crippen LogP contribution in [0.25, 0.3) is 0 Å². The second-order valence-electron chi connectivity index (χ2n) is 4.26. The zero-order valence-electron chi connectivity index (χ0n) is 10.3. The van der Waals surface area contributed by atoms with Crippen LogP contribution in [0.3, 0.4) is 0 Å². The van der Waals surface area contributed by atoms with Gasteiger partial charge in [-0.05, 0) is 13.8 Å². The van der Waals surface area contributed by atoms with Crippen molar-refractivity contribution in [2.24, 2.45) is 0 Å². The van der Waals surface area contributed by atoms with Gasteiger partial charge >= 0.3 is 0 Å². The van der Waals surface area contributed by atoms with E-state index in [0.717, 1.165) is 0 Å². The van der Waals surface area contributed by atoms with Crippen molar-refractivity contribution in [3.8, 4) is 0 Å². The first-order chi connectivity index (χ1) is 7.96. The molecule has 0 fully saturated rings. The largest absolute Gasteiger partial charge is 0.388 e. The average molecular weight is 242 g/mol. The quantitative estimate of drug-likeness (QED) is 0.758. The van der Waals surface area contributed by atoms with Crippen LogP contribution in [-0.4, -0.2) is 42.0 Å². The van der Waals surface area contributed by atoms with Gasteiger partial charge in [0, 0.05) is 32.2 Å². The molecule has 96 valence electrons. The third kappa shape index (κ3) is 4.16. The molecule has 1 amide bonds.